The van der Waals surface area contributed by atoms with E-state index in [0.29, 0.717) is 27.1 Å². The van der Waals surface area contributed by atoms with E-state index in [9.17, 15) is 4.79 Å². The van der Waals surface area contributed by atoms with Crippen LogP contribution in [0.5, 0.6) is 0 Å². The van der Waals surface area contributed by atoms with Gasteiger partial charge < -0.3 is 5.73 Å². The molecule has 2 N–H and O–H groups in total. The zero-order chi connectivity index (χ0) is 19.3. The highest BCUT2D eigenvalue weighted by atomic mass is 35.5. The zero-order valence-corrected chi connectivity index (χ0v) is 16.6. The maximum atomic E-state index is 13.1. The fourth-order valence-electron chi connectivity index (χ4n) is 3.47. The van der Waals surface area contributed by atoms with Gasteiger partial charge in [0.2, 0.25) is 5.78 Å². The molecule has 0 atom stereocenters. The Morgan fingerprint density at radius 1 is 1.07 bits per heavy atom. The highest BCUT2D eigenvalue weighted by Gasteiger charge is 2.28. The fraction of sp³-hybridized carbons (Fsp3) is 0.130. The summed E-state index contributed by atoms with van der Waals surface area (Å²) in [6.07, 6.45) is 2.34. The van der Waals surface area contributed by atoms with Gasteiger partial charge in [-0.25, -0.2) is 4.98 Å². The molecule has 28 heavy (non-hydrogen) atoms. The van der Waals surface area contributed by atoms with Crippen LogP contribution in [-0.2, 0) is 0 Å². The van der Waals surface area contributed by atoms with Gasteiger partial charge in [0, 0.05) is 27.6 Å². The van der Waals surface area contributed by atoms with Crippen molar-refractivity contribution < 1.29 is 4.79 Å². The summed E-state index contributed by atoms with van der Waals surface area (Å²) >= 11 is 7.34. The fourth-order valence-corrected chi connectivity index (χ4v) is 4.69. The number of carbonyl (C=O) groups excluding carboxylic acids is 1. The molecule has 3 nitrogen and oxygen atoms in total. The van der Waals surface area contributed by atoms with Gasteiger partial charge in [-0.15, -0.1) is 11.3 Å². The van der Waals surface area contributed by atoms with Gasteiger partial charge in [-0.3, -0.25) is 4.79 Å². The third kappa shape index (κ3) is 2.99. The number of nitrogens with two attached hydrogens (primary N) is 1. The molecular formula is C23H17ClN2OS. The second-order valence-corrected chi connectivity index (χ2v) is 8.53. The molecule has 0 amide bonds. The summed E-state index contributed by atoms with van der Waals surface area (Å²) < 4.78 is 0. The Hall–Kier alpha value is -2.69. The lowest BCUT2D eigenvalue weighted by Gasteiger charge is -2.08. The Labute approximate surface area is 171 Å². The summed E-state index contributed by atoms with van der Waals surface area (Å²) in [5.74, 6) is 0.426. The molecule has 0 aliphatic heterocycles. The van der Waals surface area contributed by atoms with Crippen molar-refractivity contribution in [2.45, 2.75) is 18.8 Å². The SMILES string of the molecule is Nc1c(C(=O)c2ccc(Cl)cc2)sc2nc(C3CC3)cc(-c3ccccc3)c12. The van der Waals surface area contributed by atoms with E-state index in [1.807, 2.05) is 18.2 Å². The predicted molar refractivity (Wildman–Crippen MR) is 116 cm³/mol. The summed E-state index contributed by atoms with van der Waals surface area (Å²) in [4.78, 5) is 19.3. The monoisotopic (exact) mass is 404 g/mol. The van der Waals surface area contributed by atoms with Crippen molar-refractivity contribution in [3.8, 4) is 11.1 Å². The lowest BCUT2D eigenvalue weighted by Crippen LogP contribution is -2.02. The minimum Gasteiger partial charge on any atom is -0.397 e. The van der Waals surface area contributed by atoms with Gasteiger partial charge in [-0.05, 0) is 54.3 Å². The van der Waals surface area contributed by atoms with E-state index in [4.69, 9.17) is 22.3 Å². The maximum Gasteiger partial charge on any atom is 0.205 e. The van der Waals surface area contributed by atoms with Gasteiger partial charge in [-0.1, -0.05) is 41.9 Å². The van der Waals surface area contributed by atoms with Crippen LogP contribution in [0.25, 0.3) is 21.3 Å². The number of nitrogens with zero attached hydrogens (tertiary/aromatic N) is 1. The average molecular weight is 405 g/mol. The first kappa shape index (κ1) is 17.4. The maximum absolute atomic E-state index is 13.1. The van der Waals surface area contributed by atoms with Crippen LogP contribution in [-0.4, -0.2) is 10.8 Å². The molecule has 0 bridgehead atoms. The van der Waals surface area contributed by atoms with Crippen LogP contribution in [0.4, 0.5) is 5.69 Å². The number of thiophene rings is 1. The number of halogens is 1. The van der Waals surface area contributed by atoms with Crippen LogP contribution in [0.2, 0.25) is 5.02 Å². The van der Waals surface area contributed by atoms with Crippen molar-refractivity contribution in [2.75, 3.05) is 5.73 Å². The number of rotatable bonds is 4. The Morgan fingerprint density at radius 3 is 2.46 bits per heavy atom. The third-order valence-corrected chi connectivity index (χ3v) is 6.46. The lowest BCUT2D eigenvalue weighted by molar-refractivity contribution is 0.104. The highest BCUT2D eigenvalue weighted by Crippen LogP contribution is 2.45. The summed E-state index contributed by atoms with van der Waals surface area (Å²) in [6, 6.07) is 19.2. The van der Waals surface area contributed by atoms with Gasteiger partial charge in [0.15, 0.2) is 0 Å². The Balaban J connectivity index is 1.71. The third-order valence-electron chi connectivity index (χ3n) is 5.11. The number of anilines is 1. The molecule has 0 radical (unpaired) electrons. The van der Waals surface area contributed by atoms with Crippen LogP contribution in [0, 0.1) is 0 Å². The van der Waals surface area contributed by atoms with Crippen molar-refractivity contribution in [1.82, 2.24) is 4.98 Å². The first-order valence-corrected chi connectivity index (χ1v) is 10.4. The normalized spacial score (nSPS) is 13.8. The van der Waals surface area contributed by atoms with Gasteiger partial charge >= 0.3 is 0 Å². The summed E-state index contributed by atoms with van der Waals surface area (Å²) in [7, 11) is 0. The molecule has 5 rings (SSSR count). The van der Waals surface area contributed by atoms with E-state index in [2.05, 4.69) is 18.2 Å². The number of ketones is 1. The molecule has 0 saturated heterocycles. The quantitative estimate of drug-likeness (QED) is 0.405. The van der Waals surface area contributed by atoms with Crippen molar-refractivity contribution in [3.63, 3.8) is 0 Å². The van der Waals surface area contributed by atoms with E-state index in [-0.39, 0.29) is 5.78 Å². The number of hydrogen-bond donors (Lipinski definition) is 1. The largest absolute Gasteiger partial charge is 0.397 e. The van der Waals surface area contributed by atoms with Gasteiger partial charge in [-0.2, -0.15) is 0 Å². The van der Waals surface area contributed by atoms with E-state index >= 15 is 0 Å². The number of benzene rings is 2. The zero-order valence-electron chi connectivity index (χ0n) is 15.0. The summed E-state index contributed by atoms with van der Waals surface area (Å²) in [6.45, 7) is 0. The van der Waals surface area contributed by atoms with Gasteiger partial charge in [0.25, 0.3) is 0 Å². The van der Waals surface area contributed by atoms with Crippen molar-refractivity contribution in [3.05, 3.63) is 81.8 Å². The Kier molecular flexibility index (Phi) is 4.18. The summed E-state index contributed by atoms with van der Waals surface area (Å²) in [5.41, 5.74) is 10.8. The number of pyridine rings is 1. The van der Waals surface area contributed by atoms with Crippen LogP contribution in [0.3, 0.4) is 0 Å². The van der Waals surface area contributed by atoms with Crippen molar-refractivity contribution in [2.24, 2.45) is 0 Å². The van der Waals surface area contributed by atoms with Crippen LogP contribution >= 0.6 is 22.9 Å². The molecular weight excluding hydrogens is 388 g/mol. The van der Waals surface area contributed by atoms with Crippen molar-refractivity contribution in [1.29, 1.82) is 0 Å². The molecule has 1 aliphatic carbocycles. The lowest BCUT2D eigenvalue weighted by atomic mass is 9.99. The molecule has 2 aromatic heterocycles. The molecule has 2 aromatic carbocycles. The van der Waals surface area contributed by atoms with E-state index in [0.717, 1.165) is 27.0 Å². The second-order valence-electron chi connectivity index (χ2n) is 7.10. The van der Waals surface area contributed by atoms with Crippen LogP contribution in [0.15, 0.2) is 60.7 Å². The number of fused-ring (bicyclic) bond motifs is 1. The minimum atomic E-state index is -0.0934. The number of hydrogen-bond acceptors (Lipinski definition) is 4. The Bertz CT molecular complexity index is 1190. The standard InChI is InChI=1S/C23H17ClN2OS/c24-16-10-8-15(9-11-16)21(27)22-20(25)19-17(13-4-2-1-3-5-13)12-18(14-6-7-14)26-23(19)28-22/h1-5,8-12,14H,6-7,25H2. The molecule has 5 heteroatoms. The first-order chi connectivity index (χ1) is 13.6. The molecule has 1 aliphatic rings. The summed E-state index contributed by atoms with van der Waals surface area (Å²) in [5, 5.41) is 1.47. The van der Waals surface area contributed by atoms with Crippen molar-refractivity contribution >= 4 is 44.6 Å². The van der Waals surface area contributed by atoms with E-state index < -0.39 is 0 Å². The minimum absolute atomic E-state index is 0.0934. The van der Waals surface area contributed by atoms with Crippen LogP contribution < -0.4 is 5.73 Å². The number of aromatic nitrogens is 1. The number of nitrogen functional groups attached to an aromatic ring is 1. The van der Waals surface area contributed by atoms with Gasteiger partial charge in [0.1, 0.15) is 9.71 Å². The Morgan fingerprint density at radius 2 is 1.79 bits per heavy atom. The smallest absolute Gasteiger partial charge is 0.205 e. The molecule has 0 spiro atoms. The van der Waals surface area contributed by atoms with Gasteiger partial charge in [0.05, 0.1) is 5.69 Å². The van der Waals surface area contributed by atoms with E-state index in [1.165, 1.54) is 24.2 Å². The number of carbonyl (C=O) groups is 1. The topological polar surface area (TPSA) is 56.0 Å². The molecule has 1 saturated carbocycles. The highest BCUT2D eigenvalue weighted by molar-refractivity contribution is 7.21. The molecule has 138 valence electrons. The molecule has 2 heterocycles. The molecule has 1 fully saturated rings. The molecule has 4 aromatic rings. The van der Waals surface area contributed by atoms with E-state index in [1.54, 1.807) is 24.3 Å². The average Bonchev–Trinajstić information content (AvgIpc) is 3.52. The second kappa shape index (κ2) is 6.73. The van der Waals surface area contributed by atoms with Crippen LogP contribution in [0.1, 0.15) is 39.7 Å². The first-order valence-electron chi connectivity index (χ1n) is 9.20. The predicted octanol–water partition coefficient (Wildman–Crippen LogP) is 6.31. The molecule has 0 unspecified atom stereocenters.